The second kappa shape index (κ2) is 8.31. The van der Waals surface area contributed by atoms with Gasteiger partial charge in [-0.1, -0.05) is 121 Å². The molecule has 0 unspecified atom stereocenters. The molecule has 6 aromatic carbocycles. The van der Waals surface area contributed by atoms with Gasteiger partial charge in [0.1, 0.15) is 0 Å². The molecule has 0 aromatic heterocycles. The van der Waals surface area contributed by atoms with Gasteiger partial charge in [0.05, 0.1) is 34.2 Å². The molecule has 0 N–H and O–H groups in total. The van der Waals surface area contributed by atoms with Crippen LogP contribution in [0.15, 0.2) is 145 Å². The van der Waals surface area contributed by atoms with E-state index in [1.807, 2.05) is 0 Å². The van der Waals surface area contributed by atoms with Gasteiger partial charge in [0.15, 0.2) is 0 Å². The first kappa shape index (κ1) is 9.70. The smallest absolute Gasteiger partial charge is 0.0726 e. The van der Waals surface area contributed by atoms with Crippen molar-refractivity contribution in [1.29, 1.82) is 0 Å². The first-order chi connectivity index (χ1) is 28.0. The van der Waals surface area contributed by atoms with Crippen molar-refractivity contribution < 1.29 is 28.8 Å². The second-order valence-electron chi connectivity index (χ2n) is 9.01. The van der Waals surface area contributed by atoms with Crippen LogP contribution in [-0.2, 0) is 5.41 Å². The molecule has 184 valence electrons. The van der Waals surface area contributed by atoms with Gasteiger partial charge in [-0.05, 0) is 79.9 Å². The average molecular weight is 519 g/mol. The predicted molar refractivity (Wildman–Crippen MR) is 163 cm³/mol. The molecule has 2 aliphatic carbocycles. The molecule has 0 bridgehead atoms. The van der Waals surface area contributed by atoms with Crippen LogP contribution < -0.4 is 4.90 Å². The molecule has 0 saturated carbocycles. The predicted octanol–water partition coefficient (Wildman–Crippen LogP) is 9.46. The summed E-state index contributed by atoms with van der Waals surface area (Å²) < 4.78 is 184. The first-order valence-electron chi connectivity index (χ1n) is 22.4. The summed E-state index contributed by atoms with van der Waals surface area (Å²) in [5.41, 5.74) is -4.98. The Morgan fingerprint density at radius 2 is 0.949 bits per heavy atom. The fraction of sp³-hybridized carbons (Fsp3) is 0.0526. The zero-order chi connectivity index (χ0) is 44.3. The van der Waals surface area contributed by atoms with E-state index in [2.05, 4.69) is 0 Å². The Morgan fingerprint density at radius 3 is 1.54 bits per heavy atom. The lowest BCUT2D eigenvalue weighted by Gasteiger charge is -2.31. The van der Waals surface area contributed by atoms with Gasteiger partial charge in [-0.15, -0.1) is 0 Å². The third-order valence-corrected chi connectivity index (χ3v) is 7.20. The van der Waals surface area contributed by atoms with Crippen LogP contribution in [0.2, 0.25) is 0 Å². The topological polar surface area (TPSA) is 3.24 Å². The number of benzene rings is 6. The molecular weight excluding hydrogens is 470 g/mol. The Balaban J connectivity index is 1.50. The van der Waals surface area contributed by atoms with E-state index < -0.39 is 143 Å². The highest BCUT2D eigenvalue weighted by Gasteiger charge is 2.51. The quantitative estimate of drug-likeness (QED) is 0.225. The van der Waals surface area contributed by atoms with Crippen molar-refractivity contribution in [2.75, 3.05) is 11.9 Å². The van der Waals surface area contributed by atoms with E-state index in [-0.39, 0.29) is 55.9 Å². The Morgan fingerprint density at radius 1 is 0.462 bits per heavy atom. The lowest BCUT2D eigenvalue weighted by Crippen LogP contribution is -2.26. The normalized spacial score (nSPS) is 21.0. The van der Waals surface area contributed by atoms with Crippen molar-refractivity contribution in [3.63, 3.8) is 0 Å². The minimum atomic E-state index is -2.24. The van der Waals surface area contributed by atoms with Crippen LogP contribution in [0.5, 0.6) is 0 Å². The monoisotopic (exact) mass is 518 g/mol. The zero-order valence-electron chi connectivity index (χ0n) is 41.2. The lowest BCUT2D eigenvalue weighted by atomic mass is 9.70. The van der Waals surface area contributed by atoms with Crippen molar-refractivity contribution in [3.05, 3.63) is 167 Å². The lowest BCUT2D eigenvalue weighted by molar-refractivity contribution is 0.793. The van der Waals surface area contributed by atoms with Crippen molar-refractivity contribution in [1.82, 2.24) is 0 Å². The van der Waals surface area contributed by atoms with Gasteiger partial charge in [-0.2, -0.15) is 0 Å². The minimum absolute atomic E-state index is 0.00918. The maximum atomic E-state index is 9.30. The van der Waals surface area contributed by atoms with Crippen LogP contribution in [0.4, 0.5) is 11.4 Å². The molecular formula is C38H27N. The van der Waals surface area contributed by atoms with E-state index in [0.29, 0.717) is 0 Å². The van der Waals surface area contributed by atoms with Gasteiger partial charge in [-0.25, -0.2) is 0 Å². The summed E-state index contributed by atoms with van der Waals surface area (Å²) in [6, 6.07) is -10.4. The molecule has 1 heteroatoms. The highest BCUT2D eigenvalue weighted by atomic mass is 15.1. The largest absolute Gasteiger partial charge is 0.345 e. The van der Waals surface area contributed by atoms with Gasteiger partial charge in [0.2, 0.25) is 0 Å². The average Bonchev–Trinajstić information content (AvgIpc) is 3.71. The molecule has 0 aliphatic heterocycles. The molecule has 2 aliphatic rings. The van der Waals surface area contributed by atoms with Gasteiger partial charge in [-0.3, -0.25) is 0 Å². The summed E-state index contributed by atoms with van der Waals surface area (Å²) in [5, 5.41) is 0. The summed E-state index contributed by atoms with van der Waals surface area (Å²) in [7, 11) is 1.37. The maximum Gasteiger partial charge on any atom is 0.0726 e. The van der Waals surface area contributed by atoms with Gasteiger partial charge in [0.25, 0.3) is 0 Å². The van der Waals surface area contributed by atoms with Crippen LogP contribution in [-0.4, -0.2) is 7.05 Å². The minimum Gasteiger partial charge on any atom is -0.345 e. The van der Waals surface area contributed by atoms with Crippen molar-refractivity contribution in [2.24, 2.45) is 0 Å². The highest BCUT2D eigenvalue weighted by Crippen LogP contribution is 2.63. The third kappa shape index (κ3) is 3.02. The maximum absolute atomic E-state index is 9.30. The number of hydrogen-bond donors (Lipinski definition) is 0. The number of anilines is 2. The summed E-state index contributed by atoms with van der Waals surface area (Å²) in [6.07, 6.45) is 0. The van der Waals surface area contributed by atoms with Crippen LogP contribution in [0.25, 0.3) is 33.4 Å². The number of rotatable bonds is 3. The molecule has 0 saturated heterocycles. The fourth-order valence-electron chi connectivity index (χ4n) is 5.51. The zero-order valence-corrected chi connectivity index (χ0v) is 20.2. The molecule has 39 heavy (non-hydrogen) atoms. The summed E-state index contributed by atoms with van der Waals surface area (Å²) in [6.45, 7) is 0. The van der Waals surface area contributed by atoms with E-state index >= 15 is 0 Å². The number of fused-ring (bicyclic) bond motifs is 10. The Kier molecular flexibility index (Phi) is 2.07. The van der Waals surface area contributed by atoms with Gasteiger partial charge >= 0.3 is 0 Å². The van der Waals surface area contributed by atoms with Gasteiger partial charge < -0.3 is 4.90 Å². The van der Waals surface area contributed by atoms with Crippen molar-refractivity contribution in [3.8, 4) is 33.4 Å². The molecule has 1 nitrogen and oxygen atoms in total. The summed E-state index contributed by atoms with van der Waals surface area (Å²) >= 11 is 0. The van der Waals surface area contributed by atoms with Crippen LogP contribution in [0.1, 0.15) is 51.0 Å². The van der Waals surface area contributed by atoms with Crippen molar-refractivity contribution in [2.45, 2.75) is 5.41 Å². The molecule has 6 aromatic rings. The SMILES string of the molecule is [2H]c1c([2H])c([2H])c(-c2c([2H])c([2H])c(N(C)c3ccc4c(c3)C3(c5c([2H])c([2H])c([2H])c([2H])c5-4)c4c([2H])c([2H])c([2H])c([2H])c4-c4c([2H])c([2H])c([2H])c([2H])c43)c([2H])c2[2H])c([2H])c1[2H]. The van der Waals surface area contributed by atoms with E-state index in [0.717, 1.165) is 0 Å². The fourth-order valence-corrected chi connectivity index (χ4v) is 5.51. The van der Waals surface area contributed by atoms with E-state index in [1.54, 1.807) is 0 Å². The summed E-state index contributed by atoms with van der Waals surface area (Å²) in [4.78, 5) is 1.23. The molecule has 0 atom stereocenters. The second-order valence-corrected chi connectivity index (χ2v) is 9.01. The van der Waals surface area contributed by atoms with E-state index in [9.17, 15) is 4.11 Å². The molecule has 1 spiro atoms. The standard InChI is InChI=1S/C38H27N/c1-39(28-21-19-27(20-22-28)26-11-3-2-4-12-26)29-23-24-33-32-15-7-10-18-36(32)38(37(33)25-29)34-16-8-5-13-30(34)31-14-6-9-17-35(31)38/h2-25H,1H3/i2D,3D,4D,5D,6D,7D,8D,9D,10D,11D,12D,13D,14D,15D,16D,17D,18D,19D,20D,21D,22D. The van der Waals surface area contributed by atoms with Crippen molar-refractivity contribution >= 4 is 11.4 Å². The van der Waals surface area contributed by atoms with Crippen LogP contribution in [0.3, 0.4) is 0 Å². The Hall–Kier alpha value is -4.88. The summed E-state index contributed by atoms with van der Waals surface area (Å²) in [5.74, 6) is 0. The van der Waals surface area contributed by atoms with E-state index in [1.165, 1.54) is 30.1 Å². The molecule has 0 amide bonds. The highest BCUT2D eigenvalue weighted by molar-refractivity contribution is 5.95. The van der Waals surface area contributed by atoms with E-state index in [4.69, 9.17) is 24.7 Å². The number of hydrogen-bond acceptors (Lipinski definition) is 1. The van der Waals surface area contributed by atoms with Gasteiger partial charge in [0, 0.05) is 18.4 Å². The molecule has 0 radical (unpaired) electrons. The van der Waals surface area contributed by atoms with Crippen LogP contribution in [0, 0.1) is 0 Å². The Labute approximate surface area is 259 Å². The molecule has 8 rings (SSSR count). The molecule has 0 fully saturated rings. The molecule has 0 heterocycles. The Bertz CT molecular complexity index is 2900. The third-order valence-electron chi connectivity index (χ3n) is 7.20. The number of nitrogens with zero attached hydrogens (tertiary/aromatic N) is 1. The first-order valence-corrected chi connectivity index (χ1v) is 11.9. The van der Waals surface area contributed by atoms with Crippen LogP contribution >= 0.6 is 0 Å².